The highest BCUT2D eigenvalue weighted by atomic mass is 32.2. The molecule has 3 rings (SSSR count). The summed E-state index contributed by atoms with van der Waals surface area (Å²) in [4.78, 5) is 24.8. The van der Waals surface area contributed by atoms with Gasteiger partial charge >= 0.3 is 5.97 Å². The molecule has 0 aliphatic carbocycles. The van der Waals surface area contributed by atoms with Crippen LogP contribution in [0.5, 0.6) is 5.75 Å². The molecule has 1 N–H and O–H groups in total. The molecular weight excluding hydrogens is 463 g/mol. The van der Waals surface area contributed by atoms with Gasteiger partial charge in [-0.15, -0.1) is 0 Å². The van der Waals surface area contributed by atoms with Gasteiger partial charge in [-0.2, -0.15) is 0 Å². The van der Waals surface area contributed by atoms with Crippen molar-refractivity contribution < 1.29 is 31.9 Å². The molecule has 178 valence electrons. The first-order valence-electron chi connectivity index (χ1n) is 10.2. The Bertz CT molecular complexity index is 1260. The second-order valence-corrected chi connectivity index (χ2v) is 8.84. The van der Waals surface area contributed by atoms with E-state index in [1.165, 1.54) is 55.6 Å². The van der Waals surface area contributed by atoms with Crippen LogP contribution < -0.4 is 14.4 Å². The summed E-state index contributed by atoms with van der Waals surface area (Å²) in [5, 5.41) is 2.55. The van der Waals surface area contributed by atoms with Crippen LogP contribution in [-0.4, -0.2) is 40.6 Å². The topological polar surface area (TPSA) is 102 Å². The predicted molar refractivity (Wildman–Crippen MR) is 125 cm³/mol. The number of sulfonamides is 1. The van der Waals surface area contributed by atoms with Gasteiger partial charge in [0.1, 0.15) is 18.1 Å². The fourth-order valence-electron chi connectivity index (χ4n) is 3.12. The molecule has 3 aromatic carbocycles. The quantitative estimate of drug-likeness (QED) is 0.461. The van der Waals surface area contributed by atoms with Crippen molar-refractivity contribution in [1.82, 2.24) is 0 Å². The van der Waals surface area contributed by atoms with Crippen molar-refractivity contribution in [1.29, 1.82) is 0 Å². The minimum Gasteiger partial charge on any atom is -0.494 e. The largest absolute Gasteiger partial charge is 0.494 e. The van der Waals surface area contributed by atoms with E-state index in [1.54, 1.807) is 19.1 Å². The first kappa shape index (κ1) is 24.7. The van der Waals surface area contributed by atoms with Crippen molar-refractivity contribution in [3.05, 3.63) is 84.2 Å². The van der Waals surface area contributed by atoms with Gasteiger partial charge in [-0.3, -0.25) is 9.10 Å². The van der Waals surface area contributed by atoms with Crippen LogP contribution in [0.25, 0.3) is 0 Å². The average Bonchev–Trinajstić information content (AvgIpc) is 2.83. The molecule has 0 saturated carbocycles. The van der Waals surface area contributed by atoms with Crippen LogP contribution in [-0.2, 0) is 19.6 Å². The molecule has 1 amide bonds. The van der Waals surface area contributed by atoms with Crippen molar-refractivity contribution in [2.75, 3.05) is 29.9 Å². The van der Waals surface area contributed by atoms with Crippen LogP contribution in [0.2, 0.25) is 0 Å². The highest BCUT2D eigenvalue weighted by Gasteiger charge is 2.28. The number of esters is 1. The maximum Gasteiger partial charge on any atom is 0.339 e. The van der Waals surface area contributed by atoms with Crippen LogP contribution >= 0.6 is 0 Å². The van der Waals surface area contributed by atoms with Gasteiger partial charge in [-0.05, 0) is 67.6 Å². The summed E-state index contributed by atoms with van der Waals surface area (Å²) in [6.45, 7) is 1.59. The lowest BCUT2D eigenvalue weighted by Gasteiger charge is -2.24. The van der Waals surface area contributed by atoms with Gasteiger partial charge in [-0.25, -0.2) is 17.6 Å². The Morgan fingerprint density at radius 2 is 1.62 bits per heavy atom. The third kappa shape index (κ3) is 5.70. The van der Waals surface area contributed by atoms with Gasteiger partial charge in [0.2, 0.25) is 5.91 Å². The van der Waals surface area contributed by atoms with Crippen molar-refractivity contribution >= 4 is 33.3 Å². The first-order chi connectivity index (χ1) is 16.3. The number of ether oxygens (including phenoxy) is 2. The average molecular weight is 487 g/mol. The summed E-state index contributed by atoms with van der Waals surface area (Å²) in [6.07, 6.45) is 0. The molecule has 0 aliphatic rings. The van der Waals surface area contributed by atoms with Gasteiger partial charge < -0.3 is 14.8 Å². The number of hydrogen-bond donors (Lipinski definition) is 1. The lowest BCUT2D eigenvalue weighted by molar-refractivity contribution is -0.114. The number of nitrogens with one attached hydrogen (secondary N) is 1. The highest BCUT2D eigenvalue weighted by molar-refractivity contribution is 7.92. The SMILES string of the molecule is CCOc1ccc(S(=O)(=O)N(CC(=O)Nc2ccccc2C(=O)OC)c2ccc(F)cc2)cc1. The number of anilines is 2. The number of rotatable bonds is 9. The second-order valence-electron chi connectivity index (χ2n) is 6.98. The molecule has 8 nitrogen and oxygen atoms in total. The second kappa shape index (κ2) is 10.8. The van der Waals surface area contributed by atoms with Crippen molar-refractivity contribution in [2.24, 2.45) is 0 Å². The molecule has 34 heavy (non-hydrogen) atoms. The molecule has 0 unspecified atom stereocenters. The Morgan fingerprint density at radius 3 is 2.24 bits per heavy atom. The monoisotopic (exact) mass is 486 g/mol. The Balaban J connectivity index is 1.93. The Hall–Kier alpha value is -3.92. The van der Waals surface area contributed by atoms with E-state index in [0.29, 0.717) is 12.4 Å². The fraction of sp³-hybridized carbons (Fsp3) is 0.167. The van der Waals surface area contributed by atoms with Gasteiger partial charge in [0, 0.05) is 0 Å². The van der Waals surface area contributed by atoms with Gasteiger partial charge in [0.25, 0.3) is 10.0 Å². The first-order valence-corrected chi connectivity index (χ1v) is 11.7. The van der Waals surface area contributed by atoms with Crippen LogP contribution in [0.15, 0.2) is 77.7 Å². The van der Waals surface area contributed by atoms with Gasteiger partial charge in [-0.1, -0.05) is 12.1 Å². The van der Waals surface area contributed by atoms with E-state index in [1.807, 2.05) is 0 Å². The van der Waals surface area contributed by atoms with Gasteiger partial charge in [0.15, 0.2) is 0 Å². The summed E-state index contributed by atoms with van der Waals surface area (Å²) in [7, 11) is -3.01. The van der Waals surface area contributed by atoms with E-state index in [-0.39, 0.29) is 21.8 Å². The normalized spacial score (nSPS) is 10.9. The summed E-state index contributed by atoms with van der Waals surface area (Å²) >= 11 is 0. The molecule has 0 fully saturated rings. The number of para-hydroxylation sites is 1. The number of methoxy groups -OCH3 is 1. The summed E-state index contributed by atoms with van der Waals surface area (Å²) in [5.74, 6) is -1.44. The van der Waals surface area contributed by atoms with Crippen molar-refractivity contribution in [2.45, 2.75) is 11.8 Å². The summed E-state index contributed by atoms with van der Waals surface area (Å²) in [5.41, 5.74) is 0.365. The molecule has 3 aromatic rings. The molecule has 0 spiro atoms. The summed E-state index contributed by atoms with van der Waals surface area (Å²) in [6, 6.07) is 16.6. The number of nitrogens with zero attached hydrogens (tertiary/aromatic N) is 1. The number of benzene rings is 3. The van der Waals surface area contributed by atoms with Crippen LogP contribution in [0.3, 0.4) is 0 Å². The number of halogens is 1. The van der Waals surface area contributed by atoms with E-state index < -0.39 is 34.3 Å². The predicted octanol–water partition coefficient (Wildman–Crippen LogP) is 3.85. The molecule has 0 aliphatic heterocycles. The van der Waals surface area contributed by atoms with Crippen LogP contribution in [0, 0.1) is 5.82 Å². The molecular formula is C24H23FN2O6S. The van der Waals surface area contributed by atoms with Gasteiger partial charge in [0.05, 0.1) is 35.6 Å². The zero-order valence-electron chi connectivity index (χ0n) is 18.5. The fourth-order valence-corrected chi connectivity index (χ4v) is 4.55. The maximum atomic E-state index is 13.5. The lowest BCUT2D eigenvalue weighted by atomic mass is 10.2. The molecule has 0 bridgehead atoms. The minimum atomic E-state index is -4.21. The van der Waals surface area contributed by atoms with E-state index >= 15 is 0 Å². The minimum absolute atomic E-state index is 0.0805. The standard InChI is InChI=1S/C24H23FN2O6S/c1-3-33-19-12-14-20(15-13-19)34(30,31)27(18-10-8-17(25)9-11-18)16-23(28)26-22-7-5-4-6-21(22)24(29)32-2/h4-15H,3,16H2,1-2H3,(H,26,28). The smallest absolute Gasteiger partial charge is 0.339 e. The van der Waals surface area contributed by atoms with E-state index in [0.717, 1.165) is 16.4 Å². The van der Waals surface area contributed by atoms with E-state index in [4.69, 9.17) is 9.47 Å². The van der Waals surface area contributed by atoms with Crippen molar-refractivity contribution in [3.63, 3.8) is 0 Å². The van der Waals surface area contributed by atoms with Crippen LogP contribution in [0.4, 0.5) is 15.8 Å². The molecule has 10 heteroatoms. The van der Waals surface area contributed by atoms with E-state index in [2.05, 4.69) is 5.32 Å². The molecule has 0 atom stereocenters. The zero-order valence-corrected chi connectivity index (χ0v) is 19.3. The lowest BCUT2D eigenvalue weighted by Crippen LogP contribution is -2.38. The highest BCUT2D eigenvalue weighted by Crippen LogP contribution is 2.26. The van der Waals surface area contributed by atoms with Crippen LogP contribution in [0.1, 0.15) is 17.3 Å². The number of carbonyl (C=O) groups is 2. The third-order valence-electron chi connectivity index (χ3n) is 4.73. The molecule has 0 aromatic heterocycles. The summed E-state index contributed by atoms with van der Waals surface area (Å²) < 4.78 is 51.3. The Labute approximate surface area is 197 Å². The molecule has 0 radical (unpaired) electrons. The number of carbonyl (C=O) groups excluding carboxylic acids is 2. The molecule has 0 heterocycles. The van der Waals surface area contributed by atoms with E-state index in [9.17, 15) is 22.4 Å². The zero-order chi connectivity index (χ0) is 24.7. The Morgan fingerprint density at radius 1 is 0.971 bits per heavy atom. The molecule has 0 saturated heterocycles. The Kier molecular flexibility index (Phi) is 7.85. The third-order valence-corrected chi connectivity index (χ3v) is 6.52. The van der Waals surface area contributed by atoms with Crippen molar-refractivity contribution in [3.8, 4) is 5.75 Å². The number of hydrogen-bond acceptors (Lipinski definition) is 6. The number of amides is 1. The maximum absolute atomic E-state index is 13.5.